The van der Waals surface area contributed by atoms with Gasteiger partial charge in [-0.05, 0) is 19.1 Å². The van der Waals surface area contributed by atoms with Crippen LogP contribution in [-0.2, 0) is 9.59 Å². The van der Waals surface area contributed by atoms with Crippen molar-refractivity contribution < 1.29 is 14.7 Å². The van der Waals surface area contributed by atoms with Crippen molar-refractivity contribution in [1.82, 2.24) is 0 Å². The summed E-state index contributed by atoms with van der Waals surface area (Å²) in [6.45, 7) is 2.75. The highest BCUT2D eigenvalue weighted by Gasteiger charge is 2.18. The van der Waals surface area contributed by atoms with Gasteiger partial charge in [0.15, 0.2) is 0 Å². The van der Waals surface area contributed by atoms with Gasteiger partial charge in [0, 0.05) is 12.6 Å². The Hall–Kier alpha value is -1.84. The van der Waals surface area contributed by atoms with E-state index in [1.54, 1.807) is 30.3 Å². The number of amides is 1. The third kappa shape index (κ3) is 2.56. The number of anilines is 1. The first-order valence-corrected chi connectivity index (χ1v) is 4.59. The lowest BCUT2D eigenvalue weighted by atomic mass is 10.2. The van der Waals surface area contributed by atoms with Crippen LogP contribution in [0.1, 0.15) is 13.8 Å². The van der Waals surface area contributed by atoms with Crippen LogP contribution >= 0.6 is 0 Å². The molecule has 0 spiro atoms. The van der Waals surface area contributed by atoms with E-state index in [9.17, 15) is 14.7 Å². The van der Waals surface area contributed by atoms with E-state index in [1.807, 2.05) is 0 Å². The van der Waals surface area contributed by atoms with Crippen molar-refractivity contribution in [3.05, 3.63) is 30.3 Å². The summed E-state index contributed by atoms with van der Waals surface area (Å²) >= 11 is 0. The molecule has 1 amide bonds. The zero-order valence-corrected chi connectivity index (χ0v) is 8.64. The van der Waals surface area contributed by atoms with Crippen LogP contribution in [0.3, 0.4) is 0 Å². The first-order valence-electron chi connectivity index (χ1n) is 4.59. The van der Waals surface area contributed by atoms with Crippen LogP contribution in [0, 0.1) is 0 Å². The average Bonchev–Trinajstić information content (AvgIpc) is 2.18. The Morgan fingerprint density at radius 1 is 1.27 bits per heavy atom. The maximum Gasteiger partial charge on any atom is 0.224 e. The third-order valence-corrected chi connectivity index (χ3v) is 2.10. The van der Waals surface area contributed by atoms with Crippen molar-refractivity contribution in [3.8, 4) is 0 Å². The van der Waals surface area contributed by atoms with Gasteiger partial charge in [0.25, 0.3) is 0 Å². The quantitative estimate of drug-likeness (QED) is 0.708. The summed E-state index contributed by atoms with van der Waals surface area (Å²) in [5.74, 6) is -1.59. The molecule has 1 rings (SSSR count). The number of carboxylic acids is 1. The number of hydrogen-bond acceptors (Lipinski definition) is 3. The number of hydrogen-bond donors (Lipinski definition) is 0. The predicted molar refractivity (Wildman–Crippen MR) is 54.1 cm³/mol. The second-order valence-electron chi connectivity index (χ2n) is 3.22. The molecule has 0 aliphatic heterocycles. The van der Waals surface area contributed by atoms with E-state index in [0.29, 0.717) is 5.69 Å². The molecular weight excluding hydrogens is 194 g/mol. The number of carbonyl (C=O) groups excluding carboxylic acids is 2. The lowest BCUT2D eigenvalue weighted by Gasteiger charge is -2.28. The maximum absolute atomic E-state index is 11.3. The van der Waals surface area contributed by atoms with E-state index >= 15 is 0 Å². The van der Waals surface area contributed by atoms with E-state index in [2.05, 4.69) is 0 Å². The maximum atomic E-state index is 11.3. The minimum atomic E-state index is -1.27. The molecule has 0 aromatic heterocycles. The second-order valence-corrected chi connectivity index (χ2v) is 3.22. The molecule has 4 nitrogen and oxygen atoms in total. The second kappa shape index (κ2) is 4.59. The zero-order valence-electron chi connectivity index (χ0n) is 8.64. The topological polar surface area (TPSA) is 60.4 Å². The minimum Gasteiger partial charge on any atom is -0.548 e. The fourth-order valence-electron chi connectivity index (χ4n) is 1.37. The number of carbonyl (C=O) groups is 2. The van der Waals surface area contributed by atoms with Crippen LogP contribution < -0.4 is 10.0 Å². The molecule has 15 heavy (non-hydrogen) atoms. The first-order chi connectivity index (χ1) is 7.04. The number of carboxylic acid groups (broad SMARTS) is 1. The molecule has 1 atom stereocenters. The summed E-state index contributed by atoms with van der Waals surface area (Å²) in [5.41, 5.74) is 0.557. The Kier molecular flexibility index (Phi) is 3.44. The number of aliphatic carboxylic acids is 1. The van der Waals surface area contributed by atoms with Gasteiger partial charge in [-0.1, -0.05) is 18.2 Å². The monoisotopic (exact) mass is 206 g/mol. The molecule has 0 bridgehead atoms. The van der Waals surface area contributed by atoms with Gasteiger partial charge in [-0.3, -0.25) is 4.79 Å². The summed E-state index contributed by atoms with van der Waals surface area (Å²) < 4.78 is 0. The molecule has 0 saturated carbocycles. The molecule has 0 fully saturated rings. The highest BCUT2D eigenvalue weighted by atomic mass is 16.4. The lowest BCUT2D eigenvalue weighted by Crippen LogP contribution is -2.48. The van der Waals surface area contributed by atoms with E-state index in [1.165, 1.54) is 18.7 Å². The Morgan fingerprint density at radius 2 is 1.80 bits per heavy atom. The number of rotatable bonds is 3. The van der Waals surface area contributed by atoms with Gasteiger partial charge in [-0.2, -0.15) is 0 Å². The Balaban J connectivity index is 3.04. The number of nitrogens with zero attached hydrogens (tertiary/aromatic N) is 1. The SMILES string of the molecule is CC(=O)N(c1ccccc1)[C@@H](C)C(=O)[O-]. The first kappa shape index (κ1) is 11.2. The van der Waals surface area contributed by atoms with Gasteiger partial charge in [0.1, 0.15) is 0 Å². The van der Waals surface area contributed by atoms with E-state index < -0.39 is 12.0 Å². The predicted octanol–water partition coefficient (Wildman–Crippen LogP) is 0.178. The molecule has 1 aromatic rings. The molecule has 0 N–H and O–H groups in total. The van der Waals surface area contributed by atoms with Crippen molar-refractivity contribution in [3.63, 3.8) is 0 Å². The van der Waals surface area contributed by atoms with Gasteiger partial charge < -0.3 is 14.8 Å². The summed E-state index contributed by atoms with van der Waals surface area (Å²) in [4.78, 5) is 23.2. The summed E-state index contributed by atoms with van der Waals surface area (Å²) in [5, 5.41) is 10.7. The molecule has 0 heterocycles. The van der Waals surface area contributed by atoms with Crippen LogP contribution in [0.15, 0.2) is 30.3 Å². The van der Waals surface area contributed by atoms with Crippen LogP contribution in [0.5, 0.6) is 0 Å². The fourth-order valence-corrected chi connectivity index (χ4v) is 1.37. The normalized spacial score (nSPS) is 11.9. The molecule has 0 saturated heterocycles. The van der Waals surface area contributed by atoms with Crippen molar-refractivity contribution in [1.29, 1.82) is 0 Å². The standard InChI is InChI=1S/C11H13NO3/c1-8(11(14)15)12(9(2)13)10-6-4-3-5-7-10/h3-8H,1-2H3,(H,14,15)/p-1/t8-/m0/s1. The van der Waals surface area contributed by atoms with Gasteiger partial charge in [0.05, 0.1) is 12.0 Å². The molecule has 0 unspecified atom stereocenters. The molecule has 0 aliphatic carbocycles. The Bertz CT molecular complexity index is 361. The Labute approximate surface area is 88.1 Å². The molecule has 4 heteroatoms. The van der Waals surface area contributed by atoms with Crippen molar-refractivity contribution in [2.45, 2.75) is 19.9 Å². The number of para-hydroxylation sites is 1. The highest BCUT2D eigenvalue weighted by molar-refractivity contribution is 5.97. The van der Waals surface area contributed by atoms with Gasteiger partial charge in [-0.25, -0.2) is 0 Å². The molecule has 0 radical (unpaired) electrons. The van der Waals surface area contributed by atoms with Crippen molar-refractivity contribution in [2.75, 3.05) is 4.90 Å². The fraction of sp³-hybridized carbons (Fsp3) is 0.273. The molecule has 1 aromatic carbocycles. The number of benzene rings is 1. The van der Waals surface area contributed by atoms with E-state index in [4.69, 9.17) is 0 Å². The van der Waals surface area contributed by atoms with Crippen molar-refractivity contribution >= 4 is 17.6 Å². The van der Waals surface area contributed by atoms with E-state index in [0.717, 1.165) is 0 Å². The van der Waals surface area contributed by atoms with Gasteiger partial charge in [-0.15, -0.1) is 0 Å². The summed E-state index contributed by atoms with van der Waals surface area (Å²) in [7, 11) is 0. The summed E-state index contributed by atoms with van der Waals surface area (Å²) in [6, 6.07) is 7.68. The molecular formula is C11H12NO3-. The third-order valence-electron chi connectivity index (χ3n) is 2.10. The van der Waals surface area contributed by atoms with Crippen LogP contribution in [0.4, 0.5) is 5.69 Å². The van der Waals surface area contributed by atoms with Crippen LogP contribution in [0.2, 0.25) is 0 Å². The van der Waals surface area contributed by atoms with Crippen molar-refractivity contribution in [2.24, 2.45) is 0 Å². The lowest BCUT2D eigenvalue weighted by molar-refractivity contribution is -0.307. The van der Waals surface area contributed by atoms with Crippen LogP contribution in [0.25, 0.3) is 0 Å². The smallest absolute Gasteiger partial charge is 0.224 e. The Morgan fingerprint density at radius 3 is 2.20 bits per heavy atom. The minimum absolute atomic E-state index is 0.321. The largest absolute Gasteiger partial charge is 0.548 e. The van der Waals surface area contributed by atoms with Crippen LogP contribution in [-0.4, -0.2) is 17.9 Å². The molecule has 0 aliphatic rings. The zero-order chi connectivity index (χ0) is 11.4. The highest BCUT2D eigenvalue weighted by Crippen LogP contribution is 2.16. The molecule has 80 valence electrons. The summed E-state index contributed by atoms with van der Waals surface area (Å²) in [6.07, 6.45) is 0. The van der Waals surface area contributed by atoms with Gasteiger partial charge in [0.2, 0.25) is 5.91 Å². The van der Waals surface area contributed by atoms with Gasteiger partial charge >= 0.3 is 0 Å². The van der Waals surface area contributed by atoms with E-state index in [-0.39, 0.29) is 5.91 Å². The average molecular weight is 206 g/mol.